The van der Waals surface area contributed by atoms with Gasteiger partial charge >= 0.3 is 0 Å². The lowest BCUT2D eigenvalue weighted by atomic mass is 9.95. The molecular formula is C8H15F. The summed E-state index contributed by atoms with van der Waals surface area (Å²) in [7, 11) is 0. The Morgan fingerprint density at radius 1 is 1.33 bits per heavy atom. The topological polar surface area (TPSA) is 0 Å². The van der Waals surface area contributed by atoms with Gasteiger partial charge in [0.1, 0.15) is 6.17 Å². The highest BCUT2D eigenvalue weighted by molar-refractivity contribution is 4.76. The maximum Gasteiger partial charge on any atom is 0.100 e. The van der Waals surface area contributed by atoms with Gasteiger partial charge in [-0.25, -0.2) is 4.39 Å². The van der Waals surface area contributed by atoms with E-state index in [1.807, 2.05) is 0 Å². The molecule has 2 atom stereocenters. The van der Waals surface area contributed by atoms with Crippen LogP contribution in [0.25, 0.3) is 0 Å². The molecule has 0 aromatic heterocycles. The third kappa shape index (κ3) is 1.67. The molecule has 0 spiro atoms. The maximum absolute atomic E-state index is 12.5. The van der Waals surface area contributed by atoms with Crippen molar-refractivity contribution in [1.29, 1.82) is 0 Å². The summed E-state index contributed by atoms with van der Waals surface area (Å²) in [6, 6.07) is 0. The lowest BCUT2D eigenvalue weighted by Crippen LogP contribution is -2.03. The summed E-state index contributed by atoms with van der Waals surface area (Å²) in [5, 5.41) is 0. The summed E-state index contributed by atoms with van der Waals surface area (Å²) >= 11 is 0. The van der Waals surface area contributed by atoms with Crippen LogP contribution in [0, 0.1) is 11.8 Å². The number of hydrogen-bond acceptors (Lipinski definition) is 0. The smallest absolute Gasteiger partial charge is 0.100 e. The summed E-state index contributed by atoms with van der Waals surface area (Å²) in [5.74, 6) is 1.35. The fourth-order valence-electron chi connectivity index (χ4n) is 1.56. The van der Waals surface area contributed by atoms with Crippen LogP contribution in [0.3, 0.4) is 0 Å². The van der Waals surface area contributed by atoms with Gasteiger partial charge in [-0.05, 0) is 31.1 Å². The zero-order valence-electron chi connectivity index (χ0n) is 6.23. The van der Waals surface area contributed by atoms with Crippen LogP contribution in [0.4, 0.5) is 4.39 Å². The molecule has 0 radical (unpaired) electrons. The van der Waals surface area contributed by atoms with Crippen LogP contribution >= 0.6 is 0 Å². The van der Waals surface area contributed by atoms with Crippen molar-refractivity contribution >= 4 is 0 Å². The fraction of sp³-hybridized carbons (Fsp3) is 1.00. The highest BCUT2D eigenvalue weighted by Crippen LogP contribution is 2.32. The Bertz CT molecular complexity index is 88.6. The van der Waals surface area contributed by atoms with Gasteiger partial charge in [-0.1, -0.05) is 13.8 Å². The van der Waals surface area contributed by atoms with E-state index in [1.54, 1.807) is 0 Å². The molecule has 1 fully saturated rings. The normalized spacial score (nSPS) is 36.0. The summed E-state index contributed by atoms with van der Waals surface area (Å²) in [6.07, 6.45) is 2.25. The Balaban J connectivity index is 2.30. The van der Waals surface area contributed by atoms with Crippen molar-refractivity contribution in [2.75, 3.05) is 0 Å². The molecule has 0 N–H and O–H groups in total. The molecule has 0 amide bonds. The zero-order chi connectivity index (χ0) is 6.85. The van der Waals surface area contributed by atoms with E-state index in [0.29, 0.717) is 11.8 Å². The van der Waals surface area contributed by atoms with Gasteiger partial charge in [-0.2, -0.15) is 0 Å². The predicted octanol–water partition coefficient (Wildman–Crippen LogP) is 2.78. The summed E-state index contributed by atoms with van der Waals surface area (Å²) in [6.45, 7) is 4.37. The molecule has 0 aliphatic heterocycles. The van der Waals surface area contributed by atoms with E-state index in [9.17, 15) is 4.39 Å². The summed E-state index contributed by atoms with van der Waals surface area (Å²) < 4.78 is 12.5. The molecule has 0 nitrogen and oxygen atoms in total. The first-order valence-electron chi connectivity index (χ1n) is 3.84. The molecule has 1 saturated carbocycles. The van der Waals surface area contributed by atoms with E-state index in [4.69, 9.17) is 0 Å². The monoisotopic (exact) mass is 130 g/mol. The standard InChI is InChI=1S/C8H15F/c1-6(2)7-3-4-8(9)5-7/h6-8H,3-5H2,1-2H3/t7-,8+/m1/s1. The van der Waals surface area contributed by atoms with E-state index < -0.39 is 6.17 Å². The van der Waals surface area contributed by atoms with Gasteiger partial charge in [0.15, 0.2) is 0 Å². The molecule has 1 rings (SSSR count). The largest absolute Gasteiger partial charge is 0.247 e. The van der Waals surface area contributed by atoms with E-state index >= 15 is 0 Å². The van der Waals surface area contributed by atoms with Crippen molar-refractivity contribution in [1.82, 2.24) is 0 Å². The first-order valence-corrected chi connectivity index (χ1v) is 3.84. The third-order valence-electron chi connectivity index (χ3n) is 2.35. The molecule has 1 heteroatoms. The SMILES string of the molecule is CC(C)[C@@H]1CC[C@H](F)C1. The number of halogens is 1. The Kier molecular flexibility index (Phi) is 2.09. The first kappa shape index (κ1) is 7.04. The predicted molar refractivity (Wildman–Crippen MR) is 37.1 cm³/mol. The Labute approximate surface area is 56.5 Å². The Morgan fingerprint density at radius 2 is 2.00 bits per heavy atom. The molecule has 9 heavy (non-hydrogen) atoms. The highest BCUT2D eigenvalue weighted by atomic mass is 19.1. The van der Waals surface area contributed by atoms with Crippen molar-refractivity contribution in [2.45, 2.75) is 39.3 Å². The van der Waals surface area contributed by atoms with Crippen molar-refractivity contribution < 1.29 is 4.39 Å². The second-order valence-electron chi connectivity index (χ2n) is 3.41. The highest BCUT2D eigenvalue weighted by Gasteiger charge is 2.25. The van der Waals surface area contributed by atoms with Gasteiger partial charge in [0, 0.05) is 0 Å². The van der Waals surface area contributed by atoms with Crippen molar-refractivity contribution in [3.05, 3.63) is 0 Å². The lowest BCUT2D eigenvalue weighted by Gasteiger charge is -2.11. The summed E-state index contributed by atoms with van der Waals surface area (Å²) in [4.78, 5) is 0. The minimum absolute atomic E-state index is 0.489. The van der Waals surface area contributed by atoms with Gasteiger partial charge in [-0.3, -0.25) is 0 Å². The van der Waals surface area contributed by atoms with E-state index in [-0.39, 0.29) is 0 Å². The van der Waals surface area contributed by atoms with Crippen molar-refractivity contribution in [3.63, 3.8) is 0 Å². The number of hydrogen-bond donors (Lipinski definition) is 0. The van der Waals surface area contributed by atoms with Crippen LogP contribution in [-0.4, -0.2) is 6.17 Å². The number of rotatable bonds is 1. The second kappa shape index (κ2) is 2.68. The van der Waals surface area contributed by atoms with Gasteiger partial charge in [-0.15, -0.1) is 0 Å². The Morgan fingerprint density at radius 3 is 2.22 bits per heavy atom. The van der Waals surface area contributed by atoms with Gasteiger partial charge in [0.05, 0.1) is 0 Å². The fourth-order valence-corrected chi connectivity index (χ4v) is 1.56. The molecule has 0 heterocycles. The molecule has 1 aliphatic carbocycles. The van der Waals surface area contributed by atoms with Crippen LogP contribution in [0.1, 0.15) is 33.1 Å². The molecule has 1 aliphatic rings. The molecule has 0 saturated heterocycles. The van der Waals surface area contributed by atoms with E-state index in [2.05, 4.69) is 13.8 Å². The first-order chi connectivity index (χ1) is 4.20. The molecule has 0 aromatic rings. The summed E-state index contributed by atoms with van der Waals surface area (Å²) in [5.41, 5.74) is 0. The molecule has 0 unspecified atom stereocenters. The van der Waals surface area contributed by atoms with Crippen molar-refractivity contribution in [2.24, 2.45) is 11.8 Å². The average molecular weight is 130 g/mol. The second-order valence-corrected chi connectivity index (χ2v) is 3.41. The van der Waals surface area contributed by atoms with E-state index in [1.165, 1.54) is 0 Å². The van der Waals surface area contributed by atoms with E-state index in [0.717, 1.165) is 19.3 Å². The zero-order valence-corrected chi connectivity index (χ0v) is 6.23. The molecule has 0 aromatic carbocycles. The molecule has 0 bridgehead atoms. The number of alkyl halides is 1. The Hall–Kier alpha value is -0.0700. The van der Waals surface area contributed by atoms with Gasteiger partial charge in [0.2, 0.25) is 0 Å². The van der Waals surface area contributed by atoms with Crippen LogP contribution < -0.4 is 0 Å². The van der Waals surface area contributed by atoms with Crippen LogP contribution in [0.15, 0.2) is 0 Å². The quantitative estimate of drug-likeness (QED) is 0.512. The minimum atomic E-state index is -0.489. The minimum Gasteiger partial charge on any atom is -0.247 e. The maximum atomic E-state index is 12.5. The van der Waals surface area contributed by atoms with Crippen LogP contribution in [-0.2, 0) is 0 Å². The van der Waals surface area contributed by atoms with Crippen molar-refractivity contribution in [3.8, 4) is 0 Å². The van der Waals surface area contributed by atoms with Crippen LogP contribution in [0.2, 0.25) is 0 Å². The van der Waals surface area contributed by atoms with Gasteiger partial charge in [0.25, 0.3) is 0 Å². The third-order valence-corrected chi connectivity index (χ3v) is 2.35. The van der Waals surface area contributed by atoms with Gasteiger partial charge < -0.3 is 0 Å². The molecule has 54 valence electrons. The average Bonchev–Trinajstić information content (AvgIpc) is 2.14. The van der Waals surface area contributed by atoms with Crippen LogP contribution in [0.5, 0.6) is 0 Å². The lowest BCUT2D eigenvalue weighted by molar-refractivity contribution is 0.310. The molecular weight excluding hydrogens is 115 g/mol.